The second kappa shape index (κ2) is 6.47. The Bertz CT molecular complexity index is 543. The van der Waals surface area contributed by atoms with Gasteiger partial charge in [-0.25, -0.2) is 0 Å². The third-order valence-electron chi connectivity index (χ3n) is 3.62. The largest absolute Gasteiger partial charge is 0.493 e. The normalized spacial score (nSPS) is 18.0. The van der Waals surface area contributed by atoms with Gasteiger partial charge < -0.3 is 20.6 Å². The maximum absolute atomic E-state index is 12.8. The minimum Gasteiger partial charge on any atom is -0.493 e. The monoisotopic (exact) mass is 291 g/mol. The lowest BCUT2D eigenvalue weighted by Crippen LogP contribution is -2.45. The maximum atomic E-state index is 12.8. The molecule has 0 saturated carbocycles. The molecule has 1 aliphatic rings. The van der Waals surface area contributed by atoms with Crippen LogP contribution in [0.15, 0.2) is 29.4 Å². The number of fused-ring (bicyclic) bond motifs is 1. The summed E-state index contributed by atoms with van der Waals surface area (Å²) in [5.74, 6) is 0.517. The van der Waals surface area contributed by atoms with E-state index in [1.165, 1.54) is 0 Å². The third-order valence-corrected chi connectivity index (χ3v) is 3.62. The van der Waals surface area contributed by atoms with Crippen LogP contribution in [0.4, 0.5) is 0 Å². The average Bonchev–Trinajstić information content (AvgIpc) is 2.50. The summed E-state index contributed by atoms with van der Waals surface area (Å²) in [7, 11) is 0. The first kappa shape index (κ1) is 15.2. The van der Waals surface area contributed by atoms with Crippen LogP contribution in [0.2, 0.25) is 0 Å². The van der Waals surface area contributed by atoms with Crippen molar-refractivity contribution in [3.8, 4) is 5.75 Å². The smallest absolute Gasteiger partial charge is 0.231 e. The molecule has 21 heavy (non-hydrogen) atoms. The highest BCUT2D eigenvalue weighted by atomic mass is 16.5. The van der Waals surface area contributed by atoms with Crippen molar-refractivity contribution in [2.45, 2.75) is 32.2 Å². The number of amidine groups is 1. The number of amides is 1. The molecule has 6 heteroatoms. The molecule has 1 heterocycles. The van der Waals surface area contributed by atoms with Crippen LogP contribution in [-0.2, 0) is 4.79 Å². The summed E-state index contributed by atoms with van der Waals surface area (Å²) in [5.41, 5.74) is 6.46. The number of hydrogen-bond acceptors (Lipinski definition) is 4. The Morgan fingerprint density at radius 1 is 1.52 bits per heavy atom. The molecular weight excluding hydrogens is 270 g/mol. The summed E-state index contributed by atoms with van der Waals surface area (Å²) in [6.45, 7) is 4.46. The predicted octanol–water partition coefficient (Wildman–Crippen LogP) is 1.54. The first-order valence-corrected chi connectivity index (χ1v) is 7.03. The van der Waals surface area contributed by atoms with Gasteiger partial charge in [0.05, 0.1) is 19.1 Å². The zero-order valence-electron chi connectivity index (χ0n) is 12.3. The molecule has 0 saturated heterocycles. The Kier molecular flexibility index (Phi) is 4.67. The fraction of sp³-hybridized carbons (Fsp3) is 0.467. The van der Waals surface area contributed by atoms with E-state index in [0.717, 1.165) is 11.3 Å². The standard InChI is InChI=1S/C15H21N3O3/c1-10(2)18(9-14(16)17-20)15(19)12-7-8-21-13-6-4-3-5-11(12)13/h3-6,10,12,20H,7-9H2,1-2H3,(H2,16,17). The van der Waals surface area contributed by atoms with Crippen LogP contribution in [-0.4, -0.2) is 41.0 Å². The van der Waals surface area contributed by atoms with Crippen molar-refractivity contribution in [3.63, 3.8) is 0 Å². The lowest BCUT2D eigenvalue weighted by Gasteiger charge is -2.33. The van der Waals surface area contributed by atoms with Gasteiger partial charge in [0.25, 0.3) is 0 Å². The number of benzene rings is 1. The van der Waals surface area contributed by atoms with E-state index < -0.39 is 0 Å². The second-order valence-corrected chi connectivity index (χ2v) is 5.38. The molecule has 1 aromatic carbocycles. The molecule has 1 atom stereocenters. The lowest BCUT2D eigenvalue weighted by molar-refractivity contribution is -0.134. The summed E-state index contributed by atoms with van der Waals surface area (Å²) in [6.07, 6.45) is 0.634. The van der Waals surface area contributed by atoms with E-state index in [1.54, 1.807) is 4.90 Å². The summed E-state index contributed by atoms with van der Waals surface area (Å²) in [4.78, 5) is 14.5. The Morgan fingerprint density at radius 2 is 2.24 bits per heavy atom. The van der Waals surface area contributed by atoms with Crippen LogP contribution >= 0.6 is 0 Å². The van der Waals surface area contributed by atoms with E-state index in [2.05, 4.69) is 5.16 Å². The van der Waals surface area contributed by atoms with Crippen LogP contribution in [0, 0.1) is 0 Å². The van der Waals surface area contributed by atoms with Crippen molar-refractivity contribution in [1.29, 1.82) is 0 Å². The van der Waals surface area contributed by atoms with Gasteiger partial charge >= 0.3 is 0 Å². The summed E-state index contributed by atoms with van der Waals surface area (Å²) < 4.78 is 5.59. The van der Waals surface area contributed by atoms with Gasteiger partial charge in [-0.2, -0.15) is 0 Å². The highest BCUT2D eigenvalue weighted by Gasteiger charge is 2.32. The van der Waals surface area contributed by atoms with Gasteiger partial charge in [0.1, 0.15) is 5.75 Å². The van der Waals surface area contributed by atoms with E-state index >= 15 is 0 Å². The topological polar surface area (TPSA) is 88.1 Å². The van der Waals surface area contributed by atoms with Gasteiger partial charge in [-0.05, 0) is 26.3 Å². The zero-order valence-corrected chi connectivity index (χ0v) is 12.3. The lowest BCUT2D eigenvalue weighted by atomic mass is 9.91. The Labute approximate surface area is 124 Å². The van der Waals surface area contributed by atoms with Crippen LogP contribution in [0.3, 0.4) is 0 Å². The summed E-state index contributed by atoms with van der Waals surface area (Å²) >= 11 is 0. The number of nitrogens with zero attached hydrogens (tertiary/aromatic N) is 2. The van der Waals surface area contributed by atoms with Crippen molar-refractivity contribution < 1.29 is 14.7 Å². The van der Waals surface area contributed by atoms with Crippen LogP contribution in [0.1, 0.15) is 31.7 Å². The number of carbonyl (C=O) groups excluding carboxylic acids is 1. The molecule has 114 valence electrons. The average molecular weight is 291 g/mol. The number of rotatable bonds is 4. The first-order valence-electron chi connectivity index (χ1n) is 7.03. The first-order chi connectivity index (χ1) is 10.0. The molecule has 1 unspecified atom stereocenters. The molecule has 1 aromatic rings. The van der Waals surface area contributed by atoms with Gasteiger partial charge in [0.2, 0.25) is 5.91 Å². The highest BCUT2D eigenvalue weighted by Crippen LogP contribution is 2.34. The molecule has 2 rings (SSSR count). The Balaban J connectivity index is 2.26. The molecule has 3 N–H and O–H groups in total. The van der Waals surface area contributed by atoms with E-state index in [4.69, 9.17) is 15.7 Å². The quantitative estimate of drug-likeness (QED) is 0.381. The van der Waals surface area contributed by atoms with Gasteiger partial charge in [-0.15, -0.1) is 0 Å². The molecule has 1 amide bonds. The van der Waals surface area contributed by atoms with Gasteiger partial charge in [-0.3, -0.25) is 4.79 Å². The number of para-hydroxylation sites is 1. The predicted molar refractivity (Wildman–Crippen MR) is 79.6 cm³/mol. The molecule has 0 aliphatic carbocycles. The van der Waals surface area contributed by atoms with E-state index in [0.29, 0.717) is 13.0 Å². The van der Waals surface area contributed by atoms with Crippen molar-refractivity contribution in [1.82, 2.24) is 4.90 Å². The third kappa shape index (κ3) is 3.26. The number of ether oxygens (including phenoxy) is 1. The van der Waals surface area contributed by atoms with E-state index in [-0.39, 0.29) is 30.2 Å². The molecule has 6 nitrogen and oxygen atoms in total. The molecule has 0 fully saturated rings. The van der Waals surface area contributed by atoms with Gasteiger partial charge in [0.15, 0.2) is 5.84 Å². The van der Waals surface area contributed by atoms with Crippen LogP contribution < -0.4 is 10.5 Å². The van der Waals surface area contributed by atoms with Crippen LogP contribution in [0.25, 0.3) is 0 Å². The molecule has 1 aliphatic heterocycles. The van der Waals surface area contributed by atoms with Gasteiger partial charge in [-0.1, -0.05) is 23.4 Å². The summed E-state index contributed by atoms with van der Waals surface area (Å²) in [5, 5.41) is 11.7. The fourth-order valence-electron chi connectivity index (χ4n) is 2.52. The van der Waals surface area contributed by atoms with E-state index in [1.807, 2.05) is 38.1 Å². The minimum atomic E-state index is -0.246. The molecular formula is C15H21N3O3. The van der Waals surface area contributed by atoms with Crippen molar-refractivity contribution in [3.05, 3.63) is 29.8 Å². The molecule has 0 bridgehead atoms. The maximum Gasteiger partial charge on any atom is 0.231 e. The molecule has 0 spiro atoms. The van der Waals surface area contributed by atoms with Crippen molar-refractivity contribution in [2.75, 3.05) is 13.2 Å². The molecule has 0 aromatic heterocycles. The Hall–Kier alpha value is -2.24. The highest BCUT2D eigenvalue weighted by molar-refractivity contribution is 5.90. The Morgan fingerprint density at radius 3 is 2.90 bits per heavy atom. The SMILES string of the molecule is CC(C)N(CC(N)=NO)C(=O)C1CCOc2ccccc21. The fourth-order valence-corrected chi connectivity index (χ4v) is 2.52. The van der Waals surface area contributed by atoms with E-state index in [9.17, 15) is 4.79 Å². The second-order valence-electron chi connectivity index (χ2n) is 5.38. The minimum absolute atomic E-state index is 0.0210. The number of carbonyl (C=O) groups is 1. The number of hydrogen-bond donors (Lipinski definition) is 2. The van der Waals surface area contributed by atoms with Crippen molar-refractivity contribution >= 4 is 11.7 Å². The number of nitrogens with two attached hydrogens (primary N) is 1. The van der Waals surface area contributed by atoms with Crippen LogP contribution in [0.5, 0.6) is 5.75 Å². The number of oxime groups is 1. The zero-order chi connectivity index (χ0) is 15.4. The van der Waals surface area contributed by atoms with Gasteiger partial charge in [0, 0.05) is 11.6 Å². The van der Waals surface area contributed by atoms with Crippen molar-refractivity contribution in [2.24, 2.45) is 10.9 Å². The molecule has 0 radical (unpaired) electrons. The summed E-state index contributed by atoms with van der Waals surface area (Å²) in [6, 6.07) is 7.55.